The van der Waals surface area contributed by atoms with Crippen LogP contribution in [0.4, 0.5) is 0 Å². The molecule has 2 aliphatic rings. The second-order valence-corrected chi connectivity index (χ2v) is 14.3. The Hall–Kier alpha value is -6.50. The van der Waals surface area contributed by atoms with Gasteiger partial charge in [-0.1, -0.05) is 182 Å². The normalized spacial score (nSPS) is 14.7. The average Bonchev–Trinajstić information content (AvgIpc) is 3.22. The molecule has 0 saturated heterocycles. The highest BCUT2D eigenvalue weighted by molar-refractivity contribution is 6.21. The molecule has 0 heterocycles. The Morgan fingerprint density at radius 3 is 1.75 bits per heavy atom. The molecule has 0 heteroatoms. The third-order valence-corrected chi connectivity index (χ3v) is 11.5. The SMILES string of the molecule is C1=CC(c2ccc(-c3c4ccccc4c(-c4ccccc4)c4ccccc34)cc2)C2=CCc3ccc(-c4ccc5ccccc5c4)c4ccc1c2c34. The van der Waals surface area contributed by atoms with E-state index in [-0.39, 0.29) is 5.92 Å². The van der Waals surface area contributed by atoms with Crippen LogP contribution in [0.15, 0.2) is 182 Å². The molecule has 11 rings (SSSR count). The first-order valence-corrected chi connectivity index (χ1v) is 18.4. The number of fused-ring (bicyclic) bond motifs is 3. The standard InChI is InChI=1S/C52H34/c1-2-11-35(12-3-1)49-43-14-6-8-16-45(43)50(46-17-9-7-15-44(46)49)36-21-19-34(20-22-36)41-28-24-37-27-31-48-42(29-25-38-26-30-47(41)51(37)52(38)48)40-23-18-33-10-4-5-13-39(33)32-40/h1-25,27-32,41H,26H2. The summed E-state index contributed by atoms with van der Waals surface area (Å²) in [5.74, 6) is 0.207. The summed E-state index contributed by atoms with van der Waals surface area (Å²) < 4.78 is 0. The highest BCUT2D eigenvalue weighted by Gasteiger charge is 2.28. The van der Waals surface area contributed by atoms with E-state index in [4.69, 9.17) is 0 Å². The van der Waals surface area contributed by atoms with Gasteiger partial charge in [0.25, 0.3) is 0 Å². The number of benzene rings is 9. The molecule has 52 heavy (non-hydrogen) atoms. The zero-order valence-corrected chi connectivity index (χ0v) is 28.7. The van der Waals surface area contributed by atoms with Crippen LogP contribution in [-0.4, -0.2) is 0 Å². The Bertz CT molecular complexity index is 2900. The molecule has 2 aliphatic carbocycles. The number of hydrogen-bond donors (Lipinski definition) is 0. The van der Waals surface area contributed by atoms with Gasteiger partial charge in [0.05, 0.1) is 0 Å². The second-order valence-electron chi connectivity index (χ2n) is 14.3. The van der Waals surface area contributed by atoms with Gasteiger partial charge in [-0.05, 0) is 117 Å². The summed E-state index contributed by atoms with van der Waals surface area (Å²) in [6.07, 6.45) is 8.20. The van der Waals surface area contributed by atoms with Gasteiger partial charge >= 0.3 is 0 Å². The molecule has 0 bridgehead atoms. The lowest BCUT2D eigenvalue weighted by molar-refractivity contribution is 1.08. The fourth-order valence-electron chi connectivity index (χ4n) is 9.17. The lowest BCUT2D eigenvalue weighted by Crippen LogP contribution is -2.10. The first-order chi connectivity index (χ1) is 25.8. The third kappa shape index (κ3) is 4.41. The Kier molecular flexibility index (Phi) is 6.48. The van der Waals surface area contributed by atoms with Crippen LogP contribution < -0.4 is 0 Å². The smallest absolute Gasteiger partial charge is 0.0276 e. The number of hydrogen-bond acceptors (Lipinski definition) is 0. The van der Waals surface area contributed by atoms with Crippen LogP contribution in [0.1, 0.15) is 28.2 Å². The predicted octanol–water partition coefficient (Wildman–Crippen LogP) is 14.1. The van der Waals surface area contributed by atoms with Gasteiger partial charge in [0.15, 0.2) is 0 Å². The van der Waals surface area contributed by atoms with Gasteiger partial charge in [0.1, 0.15) is 0 Å². The Balaban J connectivity index is 1.02. The van der Waals surface area contributed by atoms with Gasteiger partial charge in [0, 0.05) is 5.92 Å². The maximum atomic E-state index is 2.49. The van der Waals surface area contributed by atoms with Gasteiger partial charge < -0.3 is 0 Å². The second kappa shape index (κ2) is 11.5. The van der Waals surface area contributed by atoms with Crippen molar-refractivity contribution in [2.24, 2.45) is 0 Å². The fraction of sp³-hybridized carbons (Fsp3) is 0.0385. The summed E-state index contributed by atoms with van der Waals surface area (Å²) in [7, 11) is 0. The van der Waals surface area contributed by atoms with Crippen LogP contribution >= 0.6 is 0 Å². The minimum atomic E-state index is 0.207. The number of rotatable bonds is 4. The van der Waals surface area contributed by atoms with E-state index in [1.807, 2.05) is 0 Å². The number of allylic oxidation sites excluding steroid dienone is 3. The van der Waals surface area contributed by atoms with Crippen molar-refractivity contribution in [1.82, 2.24) is 0 Å². The lowest BCUT2D eigenvalue weighted by atomic mass is 9.74. The van der Waals surface area contributed by atoms with Crippen molar-refractivity contribution in [3.63, 3.8) is 0 Å². The minimum Gasteiger partial charge on any atom is -0.0753 e. The molecule has 0 spiro atoms. The van der Waals surface area contributed by atoms with Crippen molar-refractivity contribution in [3.8, 4) is 33.4 Å². The summed E-state index contributed by atoms with van der Waals surface area (Å²) in [6, 6.07) is 63.0. The summed E-state index contributed by atoms with van der Waals surface area (Å²) in [5.41, 5.74) is 14.6. The summed E-state index contributed by atoms with van der Waals surface area (Å²) in [6.45, 7) is 0. The highest BCUT2D eigenvalue weighted by atomic mass is 14.3. The molecule has 1 atom stereocenters. The van der Waals surface area contributed by atoms with Gasteiger partial charge in [0.2, 0.25) is 0 Å². The molecule has 242 valence electrons. The van der Waals surface area contributed by atoms with Gasteiger partial charge in [-0.2, -0.15) is 0 Å². The topological polar surface area (TPSA) is 0 Å². The predicted molar refractivity (Wildman–Crippen MR) is 223 cm³/mol. The van der Waals surface area contributed by atoms with E-state index in [0.717, 1.165) is 6.42 Å². The van der Waals surface area contributed by atoms with E-state index >= 15 is 0 Å². The average molecular weight is 659 g/mol. The molecule has 9 aromatic rings. The van der Waals surface area contributed by atoms with E-state index in [1.54, 1.807) is 0 Å². The molecular formula is C52H34. The van der Waals surface area contributed by atoms with Crippen molar-refractivity contribution in [1.29, 1.82) is 0 Å². The molecule has 0 saturated carbocycles. The maximum Gasteiger partial charge on any atom is 0.0276 e. The van der Waals surface area contributed by atoms with Crippen molar-refractivity contribution < 1.29 is 0 Å². The van der Waals surface area contributed by atoms with Gasteiger partial charge in [-0.25, -0.2) is 0 Å². The highest BCUT2D eigenvalue weighted by Crippen LogP contribution is 2.49. The van der Waals surface area contributed by atoms with Crippen LogP contribution in [-0.2, 0) is 6.42 Å². The van der Waals surface area contributed by atoms with E-state index in [0.29, 0.717) is 0 Å². The quantitative estimate of drug-likeness (QED) is 0.165. The Morgan fingerprint density at radius 1 is 0.423 bits per heavy atom. The zero-order chi connectivity index (χ0) is 34.2. The molecule has 1 unspecified atom stereocenters. The third-order valence-electron chi connectivity index (χ3n) is 11.5. The fourth-order valence-corrected chi connectivity index (χ4v) is 9.17. The molecular weight excluding hydrogens is 625 g/mol. The molecule has 0 radical (unpaired) electrons. The largest absolute Gasteiger partial charge is 0.0753 e. The van der Waals surface area contributed by atoms with Crippen molar-refractivity contribution >= 4 is 54.7 Å². The van der Waals surface area contributed by atoms with Crippen LogP contribution in [0.3, 0.4) is 0 Å². The molecule has 0 N–H and O–H groups in total. The van der Waals surface area contributed by atoms with E-state index in [1.165, 1.54) is 104 Å². The van der Waals surface area contributed by atoms with E-state index < -0.39 is 0 Å². The summed E-state index contributed by atoms with van der Waals surface area (Å²) in [5, 5.41) is 10.5. The van der Waals surface area contributed by atoms with Crippen LogP contribution in [0.5, 0.6) is 0 Å². The summed E-state index contributed by atoms with van der Waals surface area (Å²) >= 11 is 0. The first-order valence-electron chi connectivity index (χ1n) is 18.4. The monoisotopic (exact) mass is 658 g/mol. The molecule has 0 fully saturated rings. The first kappa shape index (κ1) is 29.3. The van der Waals surface area contributed by atoms with Crippen LogP contribution in [0.2, 0.25) is 0 Å². The van der Waals surface area contributed by atoms with Crippen molar-refractivity contribution in [2.75, 3.05) is 0 Å². The lowest BCUT2D eigenvalue weighted by Gasteiger charge is -2.30. The van der Waals surface area contributed by atoms with Crippen molar-refractivity contribution in [2.45, 2.75) is 12.3 Å². The molecule has 0 aromatic heterocycles. The molecule has 0 aliphatic heterocycles. The van der Waals surface area contributed by atoms with Gasteiger partial charge in [-0.3, -0.25) is 0 Å². The minimum absolute atomic E-state index is 0.207. The van der Waals surface area contributed by atoms with Crippen LogP contribution in [0.25, 0.3) is 88.1 Å². The van der Waals surface area contributed by atoms with E-state index in [9.17, 15) is 0 Å². The molecule has 9 aromatic carbocycles. The zero-order valence-electron chi connectivity index (χ0n) is 28.7. The van der Waals surface area contributed by atoms with Crippen molar-refractivity contribution in [3.05, 3.63) is 204 Å². The Labute approximate surface area is 303 Å². The maximum absolute atomic E-state index is 2.49. The molecule has 0 amide bonds. The van der Waals surface area contributed by atoms with E-state index in [2.05, 4.69) is 188 Å². The summed E-state index contributed by atoms with van der Waals surface area (Å²) in [4.78, 5) is 0. The van der Waals surface area contributed by atoms with Crippen LogP contribution in [0, 0.1) is 0 Å². The van der Waals surface area contributed by atoms with Gasteiger partial charge in [-0.15, -0.1) is 0 Å². The molecule has 0 nitrogen and oxygen atoms in total. The Morgan fingerprint density at radius 2 is 1.04 bits per heavy atom.